The molecule has 0 aliphatic rings. The van der Waals surface area contributed by atoms with Crippen molar-refractivity contribution in [2.24, 2.45) is 5.14 Å². The third-order valence-corrected chi connectivity index (χ3v) is 3.33. The zero-order valence-corrected chi connectivity index (χ0v) is 11.1. The van der Waals surface area contributed by atoms with Gasteiger partial charge in [0.2, 0.25) is 5.09 Å². The summed E-state index contributed by atoms with van der Waals surface area (Å²) in [5.41, 5.74) is 0. The third kappa shape index (κ3) is 4.19. The number of nitrogens with one attached hydrogen (secondary N) is 1. The molecule has 7 nitrogen and oxygen atoms in total. The first-order valence-electron chi connectivity index (χ1n) is 5.84. The lowest BCUT2D eigenvalue weighted by Gasteiger charge is -2.03. The van der Waals surface area contributed by atoms with Gasteiger partial charge in [0.15, 0.2) is 0 Å². The second kappa shape index (κ2) is 6.00. The fourth-order valence-electron chi connectivity index (χ4n) is 1.62. The van der Waals surface area contributed by atoms with E-state index in [0.717, 1.165) is 19.5 Å². The Morgan fingerprint density at radius 3 is 2.89 bits per heavy atom. The van der Waals surface area contributed by atoms with Gasteiger partial charge in [0, 0.05) is 18.9 Å². The number of nitrogens with two attached hydrogens (primary N) is 1. The van der Waals surface area contributed by atoms with Gasteiger partial charge in [-0.05, 0) is 25.1 Å². The van der Waals surface area contributed by atoms with Crippen LogP contribution in [0.25, 0.3) is 0 Å². The van der Waals surface area contributed by atoms with Gasteiger partial charge < -0.3 is 14.3 Å². The molecular weight excluding hydrogens is 268 g/mol. The van der Waals surface area contributed by atoms with Crippen LogP contribution < -0.4 is 10.5 Å². The highest BCUT2D eigenvalue weighted by Gasteiger charge is 2.12. The lowest BCUT2D eigenvalue weighted by Crippen LogP contribution is -2.16. The fraction of sp³-hybridized carbons (Fsp3) is 0.364. The first kappa shape index (κ1) is 13.8. The lowest BCUT2D eigenvalue weighted by atomic mass is 10.4. The number of aromatic nitrogens is 2. The van der Waals surface area contributed by atoms with E-state index < -0.39 is 10.0 Å². The summed E-state index contributed by atoms with van der Waals surface area (Å²) in [7, 11) is -3.75. The number of aryl methyl sites for hydroxylation is 1. The number of sulfonamides is 1. The lowest BCUT2D eigenvalue weighted by molar-refractivity contribution is 0.401. The molecule has 3 N–H and O–H groups in total. The van der Waals surface area contributed by atoms with Crippen molar-refractivity contribution in [2.75, 3.05) is 6.54 Å². The molecule has 2 aromatic rings. The van der Waals surface area contributed by atoms with E-state index in [9.17, 15) is 8.42 Å². The molecule has 0 spiro atoms. The first-order valence-corrected chi connectivity index (χ1v) is 7.38. The molecule has 0 saturated heterocycles. The fourth-order valence-corrected chi connectivity index (χ4v) is 2.10. The second-order valence-corrected chi connectivity index (χ2v) is 5.59. The number of hydrogen-bond acceptors (Lipinski definition) is 5. The highest BCUT2D eigenvalue weighted by atomic mass is 32.2. The second-order valence-electron chi connectivity index (χ2n) is 4.10. The van der Waals surface area contributed by atoms with E-state index in [1.165, 1.54) is 6.07 Å². The summed E-state index contributed by atoms with van der Waals surface area (Å²) in [6.07, 6.45) is 6.36. The Hall–Kier alpha value is -1.64. The topological polar surface area (TPSA) is 103 Å². The van der Waals surface area contributed by atoms with E-state index in [1.54, 1.807) is 18.6 Å². The van der Waals surface area contributed by atoms with E-state index in [2.05, 4.69) is 10.3 Å². The van der Waals surface area contributed by atoms with Gasteiger partial charge in [-0.2, -0.15) is 0 Å². The van der Waals surface area contributed by atoms with Crippen molar-refractivity contribution in [1.82, 2.24) is 14.9 Å². The average molecular weight is 284 g/mol. The molecule has 2 heterocycles. The van der Waals surface area contributed by atoms with Crippen molar-refractivity contribution < 1.29 is 12.8 Å². The molecule has 8 heteroatoms. The van der Waals surface area contributed by atoms with Gasteiger partial charge in [-0.25, -0.2) is 18.5 Å². The van der Waals surface area contributed by atoms with Crippen LogP contribution in [0.5, 0.6) is 0 Å². The summed E-state index contributed by atoms with van der Waals surface area (Å²) >= 11 is 0. The number of rotatable bonds is 7. The van der Waals surface area contributed by atoms with Crippen molar-refractivity contribution in [1.29, 1.82) is 0 Å². The molecule has 0 unspecified atom stereocenters. The van der Waals surface area contributed by atoms with Crippen molar-refractivity contribution in [2.45, 2.75) is 24.6 Å². The standard InChI is InChI=1S/C11H16N4O3S/c12-19(16,17)11-3-2-10(18-11)8-13-4-1-6-15-7-5-14-9-15/h2-3,5,7,9,13H,1,4,6,8H2,(H2,12,16,17). The highest BCUT2D eigenvalue weighted by molar-refractivity contribution is 7.89. The van der Waals surface area contributed by atoms with E-state index >= 15 is 0 Å². The number of primary sulfonamides is 1. The van der Waals surface area contributed by atoms with Crippen LogP contribution in [0.4, 0.5) is 0 Å². The molecule has 0 atom stereocenters. The molecule has 104 valence electrons. The maximum atomic E-state index is 11.0. The van der Waals surface area contributed by atoms with Crippen LogP contribution in [0.2, 0.25) is 0 Å². The smallest absolute Gasteiger partial charge is 0.271 e. The van der Waals surface area contributed by atoms with Crippen molar-refractivity contribution >= 4 is 10.0 Å². The zero-order valence-electron chi connectivity index (χ0n) is 10.3. The van der Waals surface area contributed by atoms with Crippen molar-refractivity contribution in [3.8, 4) is 0 Å². The Bertz CT molecular complexity index is 604. The van der Waals surface area contributed by atoms with Crippen LogP contribution in [0.1, 0.15) is 12.2 Å². The van der Waals surface area contributed by atoms with E-state index in [1.807, 2.05) is 10.8 Å². The summed E-state index contributed by atoms with van der Waals surface area (Å²) < 4.78 is 29.1. The van der Waals surface area contributed by atoms with Gasteiger partial charge in [-0.15, -0.1) is 0 Å². The minimum Gasteiger partial charge on any atom is -0.447 e. The molecule has 0 aliphatic carbocycles. The predicted molar refractivity (Wildman–Crippen MR) is 68.6 cm³/mol. The minimum atomic E-state index is -3.75. The molecule has 19 heavy (non-hydrogen) atoms. The Labute approximate surface area is 111 Å². The molecule has 2 rings (SSSR count). The van der Waals surface area contributed by atoms with Crippen LogP contribution in [-0.4, -0.2) is 24.5 Å². The summed E-state index contributed by atoms with van der Waals surface area (Å²) in [4.78, 5) is 3.95. The number of furan rings is 1. The maximum Gasteiger partial charge on any atom is 0.271 e. The SMILES string of the molecule is NS(=O)(=O)c1ccc(CNCCCn2ccnc2)o1. The molecule has 0 aromatic carbocycles. The van der Waals surface area contributed by atoms with E-state index in [4.69, 9.17) is 9.56 Å². The van der Waals surface area contributed by atoms with Gasteiger partial charge in [0.05, 0.1) is 12.9 Å². The monoisotopic (exact) mass is 284 g/mol. The molecule has 0 fully saturated rings. The molecule has 0 radical (unpaired) electrons. The van der Waals surface area contributed by atoms with E-state index in [0.29, 0.717) is 12.3 Å². The van der Waals surface area contributed by atoms with Crippen LogP contribution in [0.3, 0.4) is 0 Å². The van der Waals surface area contributed by atoms with Crippen LogP contribution in [0.15, 0.2) is 40.4 Å². The van der Waals surface area contributed by atoms with Gasteiger partial charge in [-0.1, -0.05) is 0 Å². The molecule has 0 saturated carbocycles. The summed E-state index contributed by atoms with van der Waals surface area (Å²) in [6.45, 7) is 2.15. The molecule has 0 bridgehead atoms. The quantitative estimate of drug-likeness (QED) is 0.712. The number of hydrogen-bond donors (Lipinski definition) is 2. The van der Waals surface area contributed by atoms with Crippen LogP contribution in [0, 0.1) is 0 Å². The molecular formula is C11H16N4O3S. The Balaban J connectivity index is 1.70. The van der Waals surface area contributed by atoms with Crippen LogP contribution >= 0.6 is 0 Å². The Morgan fingerprint density at radius 2 is 2.26 bits per heavy atom. The van der Waals surface area contributed by atoms with Gasteiger partial charge in [-0.3, -0.25) is 0 Å². The minimum absolute atomic E-state index is 0.206. The van der Waals surface area contributed by atoms with Crippen molar-refractivity contribution in [3.05, 3.63) is 36.6 Å². The van der Waals surface area contributed by atoms with Gasteiger partial charge in [0.1, 0.15) is 5.76 Å². The van der Waals surface area contributed by atoms with E-state index in [-0.39, 0.29) is 5.09 Å². The predicted octanol–water partition coefficient (Wildman–Crippen LogP) is 0.303. The van der Waals surface area contributed by atoms with Crippen LogP contribution in [-0.2, 0) is 23.1 Å². The summed E-state index contributed by atoms with van der Waals surface area (Å²) in [5.74, 6) is 0.548. The van der Waals surface area contributed by atoms with Gasteiger partial charge in [0.25, 0.3) is 10.0 Å². The molecule has 0 amide bonds. The first-order chi connectivity index (χ1) is 9.05. The number of nitrogens with zero attached hydrogens (tertiary/aromatic N) is 2. The summed E-state index contributed by atoms with van der Waals surface area (Å²) in [5, 5.41) is 7.91. The van der Waals surface area contributed by atoms with Gasteiger partial charge >= 0.3 is 0 Å². The maximum absolute atomic E-state index is 11.0. The Morgan fingerprint density at radius 1 is 1.42 bits per heavy atom. The highest BCUT2D eigenvalue weighted by Crippen LogP contribution is 2.11. The summed E-state index contributed by atoms with van der Waals surface area (Å²) in [6, 6.07) is 2.96. The zero-order chi connectivity index (χ0) is 13.7. The largest absolute Gasteiger partial charge is 0.447 e. The third-order valence-electron chi connectivity index (χ3n) is 2.55. The molecule has 0 aliphatic heterocycles. The van der Waals surface area contributed by atoms with Crippen molar-refractivity contribution in [3.63, 3.8) is 0 Å². The molecule has 2 aromatic heterocycles. The normalized spacial score (nSPS) is 11.8. The Kier molecular flexibility index (Phi) is 4.35. The number of imidazole rings is 1. The average Bonchev–Trinajstić information content (AvgIpc) is 2.97.